The van der Waals surface area contributed by atoms with Gasteiger partial charge in [0.05, 0.1) is 0 Å². The molecule has 0 bridgehead atoms. The predicted molar refractivity (Wildman–Crippen MR) is 48.4 cm³/mol. The number of allylic oxidation sites excluding steroid dienone is 5. The Morgan fingerprint density at radius 3 is 2.08 bits per heavy atom. The minimum absolute atomic E-state index is 0.146. The van der Waals surface area contributed by atoms with Gasteiger partial charge >= 0.3 is 6.18 Å². The van der Waals surface area contributed by atoms with Crippen LogP contribution in [-0.2, 0) is 0 Å². The maximum absolute atomic E-state index is 12.2. The maximum atomic E-state index is 12.2. The fraction of sp³-hybridized carbons (Fsp3) is 0.400. The molecule has 0 nitrogen and oxygen atoms in total. The predicted octanol–water partition coefficient (Wildman–Crippen LogP) is 4.02. The van der Waals surface area contributed by atoms with Gasteiger partial charge in [-0.25, -0.2) is 0 Å². The molecular weight excluding hydrogens is 177 g/mol. The molecule has 74 valence electrons. The van der Waals surface area contributed by atoms with Crippen molar-refractivity contribution in [2.75, 3.05) is 0 Å². The molecule has 0 heterocycles. The Morgan fingerprint density at radius 2 is 1.77 bits per heavy atom. The van der Waals surface area contributed by atoms with Crippen LogP contribution in [0.4, 0.5) is 13.2 Å². The van der Waals surface area contributed by atoms with E-state index in [1.807, 2.05) is 0 Å². The molecule has 0 unspecified atom stereocenters. The second-order valence-electron chi connectivity index (χ2n) is 2.93. The summed E-state index contributed by atoms with van der Waals surface area (Å²) < 4.78 is 36.6. The van der Waals surface area contributed by atoms with Crippen molar-refractivity contribution in [3.8, 4) is 0 Å². The lowest BCUT2D eigenvalue weighted by Crippen LogP contribution is -2.10. The first-order valence-corrected chi connectivity index (χ1v) is 3.90. The van der Waals surface area contributed by atoms with Crippen molar-refractivity contribution < 1.29 is 13.2 Å². The lowest BCUT2D eigenvalue weighted by Gasteiger charge is -2.08. The normalized spacial score (nSPS) is 12.5. The minimum Gasteiger partial charge on any atom is -0.166 e. The van der Waals surface area contributed by atoms with E-state index in [1.165, 1.54) is 12.2 Å². The van der Waals surface area contributed by atoms with Crippen molar-refractivity contribution in [2.24, 2.45) is 0 Å². The van der Waals surface area contributed by atoms with Gasteiger partial charge in [-0.15, -0.1) is 6.58 Å². The average molecular weight is 190 g/mol. The van der Waals surface area contributed by atoms with E-state index in [0.29, 0.717) is 0 Å². The Kier molecular flexibility index (Phi) is 4.52. The summed E-state index contributed by atoms with van der Waals surface area (Å²) in [4.78, 5) is 0. The molecule has 0 aromatic carbocycles. The third kappa shape index (κ3) is 5.28. The van der Waals surface area contributed by atoms with Crippen molar-refractivity contribution in [3.05, 3.63) is 36.0 Å². The smallest absolute Gasteiger partial charge is 0.166 e. The highest BCUT2D eigenvalue weighted by atomic mass is 19.4. The van der Waals surface area contributed by atoms with Crippen LogP contribution in [0.5, 0.6) is 0 Å². The van der Waals surface area contributed by atoms with Gasteiger partial charge in [-0.3, -0.25) is 0 Å². The number of halogens is 3. The van der Waals surface area contributed by atoms with Crippen LogP contribution in [-0.4, -0.2) is 6.18 Å². The highest BCUT2D eigenvalue weighted by Crippen LogP contribution is 2.28. The van der Waals surface area contributed by atoms with Gasteiger partial charge in [0.25, 0.3) is 0 Å². The van der Waals surface area contributed by atoms with Crippen LogP contribution in [0.1, 0.15) is 20.3 Å². The molecule has 3 heteroatoms. The van der Waals surface area contributed by atoms with Crippen LogP contribution in [0.3, 0.4) is 0 Å². The first-order chi connectivity index (χ1) is 5.88. The van der Waals surface area contributed by atoms with Crippen molar-refractivity contribution >= 4 is 0 Å². The fourth-order valence-corrected chi connectivity index (χ4v) is 0.701. The fourth-order valence-electron chi connectivity index (χ4n) is 0.701. The summed E-state index contributed by atoms with van der Waals surface area (Å²) in [7, 11) is 0. The molecule has 0 amide bonds. The molecule has 13 heavy (non-hydrogen) atoms. The molecule has 0 saturated carbocycles. The van der Waals surface area contributed by atoms with E-state index in [2.05, 4.69) is 6.58 Å². The van der Waals surface area contributed by atoms with Gasteiger partial charge in [-0.05, 0) is 20.3 Å². The lowest BCUT2D eigenvalue weighted by atomic mass is 10.1. The Balaban J connectivity index is 4.70. The molecule has 0 aliphatic rings. The molecule has 0 atom stereocenters. The topological polar surface area (TPSA) is 0 Å². The molecule has 0 aromatic rings. The summed E-state index contributed by atoms with van der Waals surface area (Å²) in [6.45, 7) is 6.78. The summed E-state index contributed by atoms with van der Waals surface area (Å²) in [5.41, 5.74) is 0.273. The van der Waals surface area contributed by atoms with Gasteiger partial charge in [-0.2, -0.15) is 13.2 Å². The second-order valence-corrected chi connectivity index (χ2v) is 2.93. The van der Waals surface area contributed by atoms with Gasteiger partial charge < -0.3 is 0 Å². The van der Waals surface area contributed by atoms with Crippen molar-refractivity contribution in [1.29, 1.82) is 0 Å². The van der Waals surface area contributed by atoms with Gasteiger partial charge in [0.1, 0.15) is 0 Å². The van der Waals surface area contributed by atoms with Crippen molar-refractivity contribution in [2.45, 2.75) is 26.4 Å². The number of rotatable bonds is 3. The van der Waals surface area contributed by atoms with E-state index in [1.54, 1.807) is 13.8 Å². The molecular formula is C10H13F3. The largest absolute Gasteiger partial charge is 0.412 e. The molecule has 0 rings (SSSR count). The van der Waals surface area contributed by atoms with Gasteiger partial charge in [0.15, 0.2) is 0 Å². The van der Waals surface area contributed by atoms with E-state index in [0.717, 1.165) is 11.6 Å². The molecule has 0 radical (unpaired) electrons. The molecule has 0 saturated heterocycles. The van der Waals surface area contributed by atoms with E-state index >= 15 is 0 Å². The SMILES string of the molecule is C=CC/C(=C\C=C(C)C)C(F)(F)F. The van der Waals surface area contributed by atoms with Gasteiger partial charge in [0, 0.05) is 5.57 Å². The number of hydrogen-bond acceptors (Lipinski definition) is 0. The first-order valence-electron chi connectivity index (χ1n) is 3.90. The molecule has 0 fully saturated rings. The van der Waals surface area contributed by atoms with E-state index in [-0.39, 0.29) is 6.42 Å². The monoisotopic (exact) mass is 190 g/mol. The van der Waals surface area contributed by atoms with E-state index in [9.17, 15) is 13.2 Å². The van der Waals surface area contributed by atoms with Crippen LogP contribution < -0.4 is 0 Å². The maximum Gasteiger partial charge on any atom is 0.412 e. The number of alkyl halides is 3. The molecule has 0 N–H and O–H groups in total. The van der Waals surface area contributed by atoms with Crippen molar-refractivity contribution in [1.82, 2.24) is 0 Å². The van der Waals surface area contributed by atoms with Gasteiger partial charge in [0.2, 0.25) is 0 Å². The minimum atomic E-state index is -4.25. The third-order valence-corrected chi connectivity index (χ3v) is 1.35. The lowest BCUT2D eigenvalue weighted by molar-refractivity contribution is -0.0928. The summed E-state index contributed by atoms with van der Waals surface area (Å²) in [5.74, 6) is 0. The highest BCUT2D eigenvalue weighted by molar-refractivity contribution is 5.21. The quantitative estimate of drug-likeness (QED) is 0.465. The van der Waals surface area contributed by atoms with E-state index < -0.39 is 11.7 Å². The first kappa shape index (κ1) is 12.0. The Morgan fingerprint density at radius 1 is 1.23 bits per heavy atom. The van der Waals surface area contributed by atoms with Crippen LogP contribution in [0, 0.1) is 0 Å². The van der Waals surface area contributed by atoms with Crippen molar-refractivity contribution in [3.63, 3.8) is 0 Å². The summed E-state index contributed by atoms with van der Waals surface area (Å²) in [5, 5.41) is 0. The standard InChI is InChI=1S/C10H13F3/c1-4-5-9(10(11,12)13)7-6-8(2)3/h4,6-7H,1,5H2,2-3H3/b9-7+. The number of hydrogen-bond donors (Lipinski definition) is 0. The zero-order chi connectivity index (χ0) is 10.5. The molecule has 0 aromatic heterocycles. The zero-order valence-electron chi connectivity index (χ0n) is 7.78. The Hall–Kier alpha value is -0.990. The van der Waals surface area contributed by atoms with Gasteiger partial charge in [-0.1, -0.05) is 23.8 Å². The zero-order valence-corrected chi connectivity index (χ0v) is 7.78. The Bertz CT molecular complexity index is 227. The Labute approximate surface area is 76.5 Å². The third-order valence-electron chi connectivity index (χ3n) is 1.35. The second kappa shape index (κ2) is 4.90. The average Bonchev–Trinajstić information content (AvgIpc) is 1.95. The van der Waals surface area contributed by atoms with Crippen LogP contribution >= 0.6 is 0 Å². The molecule has 0 aliphatic heterocycles. The molecule has 0 aliphatic carbocycles. The van der Waals surface area contributed by atoms with Crippen LogP contribution in [0.2, 0.25) is 0 Å². The summed E-state index contributed by atoms with van der Waals surface area (Å²) in [6.07, 6.45) is -0.602. The van der Waals surface area contributed by atoms with Crippen LogP contribution in [0.25, 0.3) is 0 Å². The highest BCUT2D eigenvalue weighted by Gasteiger charge is 2.31. The molecule has 0 spiro atoms. The summed E-state index contributed by atoms with van der Waals surface area (Å²) in [6, 6.07) is 0. The van der Waals surface area contributed by atoms with E-state index in [4.69, 9.17) is 0 Å². The summed E-state index contributed by atoms with van der Waals surface area (Å²) >= 11 is 0. The van der Waals surface area contributed by atoms with Crippen LogP contribution in [0.15, 0.2) is 36.0 Å².